The third kappa shape index (κ3) is 2.27. The Morgan fingerprint density at radius 1 is 1.22 bits per heavy atom. The SMILES string of the molecule is CCN(CC)c1ccc2ccc(C(=O)O)cc2n1. The Hall–Kier alpha value is -2.10. The summed E-state index contributed by atoms with van der Waals surface area (Å²) in [7, 11) is 0. The molecule has 0 saturated carbocycles. The summed E-state index contributed by atoms with van der Waals surface area (Å²) in [6.07, 6.45) is 0. The highest BCUT2D eigenvalue weighted by atomic mass is 16.4. The molecular formula is C14H16N2O2. The molecule has 0 atom stereocenters. The normalized spacial score (nSPS) is 10.6. The predicted octanol–water partition coefficient (Wildman–Crippen LogP) is 2.78. The number of anilines is 1. The van der Waals surface area contributed by atoms with Crippen molar-refractivity contribution < 1.29 is 9.90 Å². The predicted molar refractivity (Wildman–Crippen MR) is 72.3 cm³/mol. The zero-order valence-electron chi connectivity index (χ0n) is 10.6. The second-order valence-electron chi connectivity index (χ2n) is 4.05. The molecule has 0 aliphatic carbocycles. The molecule has 1 heterocycles. The summed E-state index contributed by atoms with van der Waals surface area (Å²) in [6, 6.07) is 8.95. The lowest BCUT2D eigenvalue weighted by Gasteiger charge is -2.19. The first-order valence-corrected chi connectivity index (χ1v) is 6.04. The number of hydrogen-bond donors (Lipinski definition) is 1. The molecular weight excluding hydrogens is 228 g/mol. The number of pyridine rings is 1. The molecule has 4 nitrogen and oxygen atoms in total. The van der Waals surface area contributed by atoms with E-state index in [2.05, 4.69) is 23.7 Å². The standard InChI is InChI=1S/C14H16N2O2/c1-3-16(4-2)13-8-7-10-5-6-11(14(17)18)9-12(10)15-13/h5-9H,3-4H2,1-2H3,(H,17,18). The van der Waals surface area contributed by atoms with Gasteiger partial charge >= 0.3 is 5.97 Å². The van der Waals surface area contributed by atoms with Crippen LogP contribution in [0.25, 0.3) is 10.9 Å². The lowest BCUT2D eigenvalue weighted by atomic mass is 10.1. The second kappa shape index (κ2) is 5.04. The van der Waals surface area contributed by atoms with Gasteiger partial charge in [-0.3, -0.25) is 0 Å². The van der Waals surface area contributed by atoms with E-state index in [0.29, 0.717) is 0 Å². The van der Waals surface area contributed by atoms with Crippen LogP contribution in [0.3, 0.4) is 0 Å². The molecule has 94 valence electrons. The van der Waals surface area contributed by atoms with Gasteiger partial charge in [0.15, 0.2) is 0 Å². The molecule has 0 radical (unpaired) electrons. The van der Waals surface area contributed by atoms with Gasteiger partial charge in [0.1, 0.15) is 5.82 Å². The maximum absolute atomic E-state index is 10.9. The minimum atomic E-state index is -0.924. The van der Waals surface area contributed by atoms with Crippen molar-refractivity contribution in [2.24, 2.45) is 0 Å². The largest absolute Gasteiger partial charge is 0.478 e. The van der Waals surface area contributed by atoms with Crippen molar-refractivity contribution in [2.75, 3.05) is 18.0 Å². The number of carboxylic acid groups (broad SMARTS) is 1. The first kappa shape index (κ1) is 12.4. The van der Waals surface area contributed by atoms with Gasteiger partial charge in [0, 0.05) is 18.5 Å². The zero-order valence-corrected chi connectivity index (χ0v) is 10.6. The van der Waals surface area contributed by atoms with Crippen molar-refractivity contribution in [3.8, 4) is 0 Å². The van der Waals surface area contributed by atoms with Crippen LogP contribution in [0.4, 0.5) is 5.82 Å². The van der Waals surface area contributed by atoms with Crippen LogP contribution in [0.1, 0.15) is 24.2 Å². The van der Waals surface area contributed by atoms with Crippen LogP contribution in [-0.2, 0) is 0 Å². The molecule has 4 heteroatoms. The number of carbonyl (C=O) groups is 1. The highest BCUT2D eigenvalue weighted by Gasteiger charge is 2.07. The second-order valence-corrected chi connectivity index (χ2v) is 4.05. The Labute approximate surface area is 106 Å². The number of fused-ring (bicyclic) bond motifs is 1. The topological polar surface area (TPSA) is 53.4 Å². The van der Waals surface area contributed by atoms with Gasteiger partial charge in [0.05, 0.1) is 11.1 Å². The molecule has 0 aliphatic rings. The summed E-state index contributed by atoms with van der Waals surface area (Å²) in [6.45, 7) is 5.91. The number of hydrogen-bond acceptors (Lipinski definition) is 3. The van der Waals surface area contributed by atoms with E-state index in [1.807, 2.05) is 12.1 Å². The average Bonchev–Trinajstić information content (AvgIpc) is 2.39. The highest BCUT2D eigenvalue weighted by molar-refractivity contribution is 5.93. The van der Waals surface area contributed by atoms with E-state index < -0.39 is 5.97 Å². The molecule has 0 bridgehead atoms. The molecule has 1 aromatic carbocycles. The maximum atomic E-state index is 10.9. The number of carboxylic acids is 1. The Kier molecular flexibility index (Phi) is 3.46. The Morgan fingerprint density at radius 3 is 2.50 bits per heavy atom. The Morgan fingerprint density at radius 2 is 1.89 bits per heavy atom. The Bertz CT molecular complexity index is 577. The fourth-order valence-corrected chi connectivity index (χ4v) is 1.96. The number of aromatic carboxylic acids is 1. The van der Waals surface area contributed by atoms with Crippen molar-refractivity contribution in [3.05, 3.63) is 35.9 Å². The summed E-state index contributed by atoms with van der Waals surface area (Å²) in [4.78, 5) is 17.6. The Balaban J connectivity index is 2.51. The number of benzene rings is 1. The summed E-state index contributed by atoms with van der Waals surface area (Å²) >= 11 is 0. The van der Waals surface area contributed by atoms with E-state index >= 15 is 0 Å². The van der Waals surface area contributed by atoms with Crippen LogP contribution in [0.5, 0.6) is 0 Å². The molecule has 0 aliphatic heterocycles. The molecule has 0 fully saturated rings. The van der Waals surface area contributed by atoms with Gasteiger partial charge < -0.3 is 10.0 Å². The molecule has 2 aromatic rings. The number of rotatable bonds is 4. The van der Waals surface area contributed by atoms with Crippen LogP contribution in [0.2, 0.25) is 0 Å². The first-order chi connectivity index (χ1) is 8.65. The smallest absolute Gasteiger partial charge is 0.335 e. The van der Waals surface area contributed by atoms with E-state index in [-0.39, 0.29) is 5.56 Å². The van der Waals surface area contributed by atoms with Crippen LogP contribution in [0.15, 0.2) is 30.3 Å². The monoisotopic (exact) mass is 244 g/mol. The lowest BCUT2D eigenvalue weighted by Crippen LogP contribution is -2.22. The summed E-state index contributed by atoms with van der Waals surface area (Å²) in [5.41, 5.74) is 0.992. The molecule has 0 spiro atoms. The van der Waals surface area contributed by atoms with Gasteiger partial charge in [0.25, 0.3) is 0 Å². The van der Waals surface area contributed by atoms with E-state index in [9.17, 15) is 4.79 Å². The summed E-state index contributed by atoms with van der Waals surface area (Å²) < 4.78 is 0. The van der Waals surface area contributed by atoms with Crippen LogP contribution < -0.4 is 4.90 Å². The fraction of sp³-hybridized carbons (Fsp3) is 0.286. The van der Waals surface area contributed by atoms with Crippen molar-refractivity contribution >= 4 is 22.7 Å². The average molecular weight is 244 g/mol. The third-order valence-electron chi connectivity index (χ3n) is 3.01. The van der Waals surface area contributed by atoms with Crippen LogP contribution in [0, 0.1) is 0 Å². The van der Waals surface area contributed by atoms with Crippen molar-refractivity contribution in [3.63, 3.8) is 0 Å². The van der Waals surface area contributed by atoms with Gasteiger partial charge in [-0.15, -0.1) is 0 Å². The minimum absolute atomic E-state index is 0.270. The van der Waals surface area contributed by atoms with Gasteiger partial charge in [-0.2, -0.15) is 0 Å². The quantitative estimate of drug-likeness (QED) is 0.898. The molecule has 2 rings (SSSR count). The zero-order chi connectivity index (χ0) is 13.1. The van der Waals surface area contributed by atoms with Crippen LogP contribution in [-0.4, -0.2) is 29.1 Å². The van der Waals surface area contributed by atoms with E-state index in [1.54, 1.807) is 18.2 Å². The van der Waals surface area contributed by atoms with E-state index in [1.165, 1.54) is 0 Å². The van der Waals surface area contributed by atoms with Crippen molar-refractivity contribution in [1.29, 1.82) is 0 Å². The molecule has 0 unspecified atom stereocenters. The van der Waals surface area contributed by atoms with Crippen molar-refractivity contribution in [1.82, 2.24) is 4.98 Å². The van der Waals surface area contributed by atoms with E-state index in [4.69, 9.17) is 5.11 Å². The van der Waals surface area contributed by atoms with E-state index in [0.717, 1.165) is 29.8 Å². The number of aromatic nitrogens is 1. The van der Waals surface area contributed by atoms with Crippen LogP contribution >= 0.6 is 0 Å². The maximum Gasteiger partial charge on any atom is 0.335 e. The molecule has 1 N–H and O–H groups in total. The van der Waals surface area contributed by atoms with Gasteiger partial charge in [-0.25, -0.2) is 9.78 Å². The third-order valence-corrected chi connectivity index (χ3v) is 3.01. The lowest BCUT2D eigenvalue weighted by molar-refractivity contribution is 0.0697. The van der Waals surface area contributed by atoms with Crippen molar-refractivity contribution in [2.45, 2.75) is 13.8 Å². The first-order valence-electron chi connectivity index (χ1n) is 6.04. The molecule has 0 saturated heterocycles. The molecule has 1 aromatic heterocycles. The number of nitrogens with zero attached hydrogens (tertiary/aromatic N) is 2. The molecule has 18 heavy (non-hydrogen) atoms. The van der Waals surface area contributed by atoms with Gasteiger partial charge in [-0.1, -0.05) is 6.07 Å². The summed E-state index contributed by atoms with van der Waals surface area (Å²) in [5.74, 6) is -0.0398. The fourth-order valence-electron chi connectivity index (χ4n) is 1.96. The van der Waals surface area contributed by atoms with Gasteiger partial charge in [0.2, 0.25) is 0 Å². The summed E-state index contributed by atoms with van der Waals surface area (Å²) in [5, 5.41) is 9.93. The van der Waals surface area contributed by atoms with Gasteiger partial charge in [-0.05, 0) is 38.1 Å². The molecule has 0 amide bonds. The highest BCUT2D eigenvalue weighted by Crippen LogP contribution is 2.19. The minimum Gasteiger partial charge on any atom is -0.478 e.